The number of hydrogen-bond acceptors (Lipinski definition) is 2. The van der Waals surface area contributed by atoms with Gasteiger partial charge in [-0.25, -0.2) is 0 Å². The van der Waals surface area contributed by atoms with Gasteiger partial charge in [0.05, 0.1) is 5.41 Å². The molecule has 2 heteroatoms. The first kappa shape index (κ1) is 32.4. The summed E-state index contributed by atoms with van der Waals surface area (Å²) in [6.45, 7) is 0. The molecule has 0 bridgehead atoms. The van der Waals surface area contributed by atoms with Crippen LogP contribution < -0.4 is 0 Å². The molecule has 0 amide bonds. The van der Waals surface area contributed by atoms with E-state index in [2.05, 4.69) is 200 Å². The van der Waals surface area contributed by atoms with Crippen LogP contribution in [0.15, 0.2) is 215 Å². The Labute approximate surface area is 340 Å². The average molecular weight is 751 g/mol. The van der Waals surface area contributed by atoms with Crippen molar-refractivity contribution >= 4 is 65.4 Å². The molecular weight excluding hydrogens is 717 g/mol. The highest BCUT2D eigenvalue weighted by Crippen LogP contribution is 2.61. The second-order valence-electron chi connectivity index (χ2n) is 15.9. The summed E-state index contributed by atoms with van der Waals surface area (Å²) in [4.78, 5) is 0. The molecule has 1 aliphatic rings. The van der Waals surface area contributed by atoms with Gasteiger partial charge < -0.3 is 8.83 Å². The fourth-order valence-corrected chi connectivity index (χ4v) is 10.4. The van der Waals surface area contributed by atoms with Gasteiger partial charge in [0.15, 0.2) is 0 Å². The summed E-state index contributed by atoms with van der Waals surface area (Å²) in [5.74, 6) is 0. The van der Waals surface area contributed by atoms with Crippen molar-refractivity contribution in [1.82, 2.24) is 0 Å². The van der Waals surface area contributed by atoms with Crippen LogP contribution >= 0.6 is 0 Å². The zero-order valence-corrected chi connectivity index (χ0v) is 31.9. The summed E-state index contributed by atoms with van der Waals surface area (Å²) in [6, 6.07) is 75.3. The Bertz CT molecular complexity index is 3620. The SMILES string of the molecule is c1ccc(C2(c3ccccc3)c3cc(-c4cccc5oc6c7ccccc7ccc6c45)ccc3-c3c2c(-c2ccc4c(c2)oc2ccccc24)cc2ccccc32)cc1. The minimum absolute atomic E-state index is 0.659. The topological polar surface area (TPSA) is 26.3 Å². The summed E-state index contributed by atoms with van der Waals surface area (Å²) in [6.07, 6.45) is 0. The fourth-order valence-electron chi connectivity index (χ4n) is 10.4. The van der Waals surface area contributed by atoms with Crippen LogP contribution in [0.25, 0.3) is 98.8 Å². The Morgan fingerprint density at radius 1 is 0.339 bits per heavy atom. The maximum atomic E-state index is 6.71. The molecule has 0 radical (unpaired) electrons. The highest BCUT2D eigenvalue weighted by Gasteiger charge is 2.48. The van der Waals surface area contributed by atoms with Crippen molar-refractivity contribution in [2.75, 3.05) is 0 Å². The molecule has 2 nitrogen and oxygen atoms in total. The maximum absolute atomic E-state index is 6.71. The van der Waals surface area contributed by atoms with Crippen molar-refractivity contribution in [1.29, 1.82) is 0 Å². The molecule has 0 N–H and O–H groups in total. The smallest absolute Gasteiger partial charge is 0.143 e. The lowest BCUT2D eigenvalue weighted by Crippen LogP contribution is -2.29. The Hall–Kier alpha value is -7.68. The monoisotopic (exact) mass is 750 g/mol. The normalized spacial score (nSPS) is 13.2. The van der Waals surface area contributed by atoms with E-state index < -0.39 is 5.41 Å². The number of rotatable bonds is 4. The van der Waals surface area contributed by atoms with Crippen LogP contribution in [0, 0.1) is 0 Å². The summed E-state index contributed by atoms with van der Waals surface area (Å²) in [5, 5.41) is 9.28. The number of furan rings is 2. The molecule has 0 fully saturated rings. The zero-order chi connectivity index (χ0) is 38.7. The van der Waals surface area contributed by atoms with Gasteiger partial charge in [0.25, 0.3) is 0 Å². The molecule has 59 heavy (non-hydrogen) atoms. The summed E-state index contributed by atoms with van der Waals surface area (Å²) >= 11 is 0. The van der Waals surface area contributed by atoms with Gasteiger partial charge in [-0.1, -0.05) is 164 Å². The predicted molar refractivity (Wildman–Crippen MR) is 244 cm³/mol. The quantitative estimate of drug-likeness (QED) is 0.179. The fraction of sp³-hybridized carbons (Fsp3) is 0.0175. The number of para-hydroxylation sites is 1. The third kappa shape index (κ3) is 4.46. The molecule has 0 aliphatic heterocycles. The lowest BCUT2D eigenvalue weighted by atomic mass is 9.65. The first-order valence-electron chi connectivity index (χ1n) is 20.3. The zero-order valence-electron chi connectivity index (χ0n) is 31.9. The number of fused-ring (bicyclic) bond motifs is 13. The molecule has 2 heterocycles. The van der Waals surface area contributed by atoms with Crippen LogP contribution in [-0.4, -0.2) is 0 Å². The van der Waals surface area contributed by atoms with Crippen LogP contribution in [-0.2, 0) is 5.41 Å². The minimum Gasteiger partial charge on any atom is -0.456 e. The van der Waals surface area contributed by atoms with E-state index in [4.69, 9.17) is 8.83 Å². The van der Waals surface area contributed by atoms with Crippen molar-refractivity contribution in [3.8, 4) is 33.4 Å². The van der Waals surface area contributed by atoms with Crippen LogP contribution in [0.4, 0.5) is 0 Å². The molecule has 13 rings (SSSR count). The largest absolute Gasteiger partial charge is 0.456 e. The first-order chi connectivity index (χ1) is 29.3. The molecule has 10 aromatic carbocycles. The van der Waals surface area contributed by atoms with E-state index in [1.165, 1.54) is 55.1 Å². The van der Waals surface area contributed by atoms with Gasteiger partial charge in [0.2, 0.25) is 0 Å². The minimum atomic E-state index is -0.659. The van der Waals surface area contributed by atoms with Gasteiger partial charge in [0, 0.05) is 26.9 Å². The standard InChI is InChI=1S/C57H34O2/c1-3-16-39(17-4-1)57(40-18-5-2-6-19-40)49-33-37(41-23-13-25-51-53(41)47-31-26-35-14-7-10-21-43(35)56(47)59-51)28-30-46(49)54-42-20-9-8-15-36(42)32-48(55(54)57)38-27-29-45-44-22-11-12-24-50(44)58-52(45)34-38/h1-34H. The van der Waals surface area contributed by atoms with Crippen molar-refractivity contribution < 1.29 is 8.83 Å². The molecule has 2 aromatic heterocycles. The highest BCUT2D eigenvalue weighted by atomic mass is 16.3. The molecule has 1 aliphatic carbocycles. The van der Waals surface area contributed by atoms with Crippen molar-refractivity contribution in [3.05, 3.63) is 229 Å². The van der Waals surface area contributed by atoms with Gasteiger partial charge in [-0.2, -0.15) is 0 Å². The van der Waals surface area contributed by atoms with E-state index in [0.29, 0.717) is 0 Å². The molecule has 0 saturated heterocycles. The molecule has 12 aromatic rings. The van der Waals surface area contributed by atoms with Gasteiger partial charge in [-0.15, -0.1) is 0 Å². The van der Waals surface area contributed by atoms with Gasteiger partial charge >= 0.3 is 0 Å². The van der Waals surface area contributed by atoms with Crippen LogP contribution in [0.3, 0.4) is 0 Å². The predicted octanol–water partition coefficient (Wildman–Crippen LogP) is 15.5. The van der Waals surface area contributed by atoms with Crippen LogP contribution in [0.5, 0.6) is 0 Å². The van der Waals surface area contributed by atoms with E-state index in [-0.39, 0.29) is 0 Å². The first-order valence-corrected chi connectivity index (χ1v) is 20.3. The Balaban J connectivity index is 1.16. The van der Waals surface area contributed by atoms with E-state index in [0.717, 1.165) is 66.0 Å². The van der Waals surface area contributed by atoms with E-state index >= 15 is 0 Å². The summed E-state index contributed by atoms with van der Waals surface area (Å²) in [7, 11) is 0. The lowest BCUT2D eigenvalue weighted by molar-refractivity contribution is 0.669. The Morgan fingerprint density at radius 3 is 1.78 bits per heavy atom. The maximum Gasteiger partial charge on any atom is 0.143 e. The average Bonchev–Trinajstić information content (AvgIpc) is 3.98. The molecular formula is C57H34O2. The third-order valence-corrected chi connectivity index (χ3v) is 12.9. The van der Waals surface area contributed by atoms with Crippen LogP contribution in [0.1, 0.15) is 22.3 Å². The van der Waals surface area contributed by atoms with Gasteiger partial charge in [0.1, 0.15) is 22.3 Å². The van der Waals surface area contributed by atoms with Crippen LogP contribution in [0.2, 0.25) is 0 Å². The second-order valence-corrected chi connectivity index (χ2v) is 15.9. The molecule has 0 atom stereocenters. The lowest BCUT2D eigenvalue weighted by Gasteiger charge is -2.35. The summed E-state index contributed by atoms with van der Waals surface area (Å²) < 4.78 is 13.2. The molecule has 274 valence electrons. The van der Waals surface area contributed by atoms with E-state index in [1.54, 1.807) is 0 Å². The second kappa shape index (κ2) is 12.2. The molecule has 0 saturated carbocycles. The summed E-state index contributed by atoms with van der Waals surface area (Å²) in [5.41, 5.74) is 15.1. The van der Waals surface area contributed by atoms with Crippen molar-refractivity contribution in [3.63, 3.8) is 0 Å². The molecule has 0 spiro atoms. The van der Waals surface area contributed by atoms with E-state index in [1.807, 2.05) is 6.07 Å². The van der Waals surface area contributed by atoms with Gasteiger partial charge in [-0.05, 0) is 114 Å². The Kier molecular flexibility index (Phi) is 6.68. The number of hydrogen-bond donors (Lipinski definition) is 0. The van der Waals surface area contributed by atoms with Crippen molar-refractivity contribution in [2.24, 2.45) is 0 Å². The molecule has 0 unspecified atom stereocenters. The van der Waals surface area contributed by atoms with Gasteiger partial charge in [-0.3, -0.25) is 0 Å². The third-order valence-electron chi connectivity index (χ3n) is 12.9. The Morgan fingerprint density at radius 2 is 0.966 bits per heavy atom. The van der Waals surface area contributed by atoms with Crippen molar-refractivity contribution in [2.45, 2.75) is 5.41 Å². The number of benzene rings is 10. The van der Waals surface area contributed by atoms with E-state index in [9.17, 15) is 0 Å². The highest BCUT2D eigenvalue weighted by molar-refractivity contribution is 6.19.